The summed E-state index contributed by atoms with van der Waals surface area (Å²) in [4.78, 5) is 15.8. The van der Waals surface area contributed by atoms with E-state index in [1.165, 1.54) is 37.5 Å². The average molecular weight is 450 g/mol. The number of fused-ring (bicyclic) bond motifs is 2. The van der Waals surface area contributed by atoms with Crippen LogP contribution in [-0.4, -0.2) is 28.2 Å². The maximum absolute atomic E-state index is 14.8. The van der Waals surface area contributed by atoms with Gasteiger partial charge in [-0.1, -0.05) is 0 Å². The number of halogens is 5. The molecule has 0 saturated heterocycles. The minimum absolute atomic E-state index is 0.0129. The van der Waals surface area contributed by atoms with E-state index in [4.69, 9.17) is 0 Å². The van der Waals surface area contributed by atoms with Crippen molar-refractivity contribution in [1.29, 1.82) is 0 Å². The van der Waals surface area contributed by atoms with Crippen molar-refractivity contribution in [2.24, 2.45) is 7.05 Å². The maximum atomic E-state index is 14.8. The summed E-state index contributed by atoms with van der Waals surface area (Å²) < 4.78 is 68.3. The number of H-pyrrole nitrogens is 1. The number of carbonyl (C=O) groups is 1. The predicted octanol–water partition coefficient (Wildman–Crippen LogP) is 5.40. The molecule has 0 aliphatic heterocycles. The highest BCUT2D eigenvalue weighted by Crippen LogP contribution is 2.30. The van der Waals surface area contributed by atoms with Gasteiger partial charge in [-0.25, -0.2) is 22.0 Å². The van der Waals surface area contributed by atoms with Crippen LogP contribution in [0.3, 0.4) is 0 Å². The van der Waals surface area contributed by atoms with Crippen LogP contribution >= 0.6 is 0 Å². The van der Waals surface area contributed by atoms with Crippen molar-refractivity contribution in [2.75, 3.05) is 5.32 Å². The van der Waals surface area contributed by atoms with Crippen LogP contribution in [0, 0.1) is 11.6 Å². The number of aromatic nitrogens is 2. The monoisotopic (exact) mass is 450 g/mol. The summed E-state index contributed by atoms with van der Waals surface area (Å²) >= 11 is 0. The van der Waals surface area contributed by atoms with Crippen LogP contribution in [0.5, 0.6) is 0 Å². The Labute approximate surface area is 179 Å². The van der Waals surface area contributed by atoms with Gasteiger partial charge in [0.1, 0.15) is 11.6 Å². The van der Waals surface area contributed by atoms with Gasteiger partial charge in [0.25, 0.3) is 12.3 Å². The second-order valence-electron chi connectivity index (χ2n) is 7.52. The molecule has 168 valence electrons. The van der Waals surface area contributed by atoms with Crippen molar-refractivity contribution in [3.63, 3.8) is 0 Å². The van der Waals surface area contributed by atoms with Gasteiger partial charge in [0.2, 0.25) is 6.30 Å². The highest BCUT2D eigenvalue weighted by Gasteiger charge is 2.24. The maximum Gasteiger partial charge on any atom is 0.282 e. The van der Waals surface area contributed by atoms with E-state index in [0.717, 1.165) is 6.07 Å². The number of carbonyl (C=O) groups excluding carboxylic acids is 1. The van der Waals surface area contributed by atoms with Gasteiger partial charge in [-0.15, -0.1) is 0 Å². The molecule has 0 aliphatic rings. The van der Waals surface area contributed by atoms with Crippen molar-refractivity contribution in [1.82, 2.24) is 14.9 Å². The van der Waals surface area contributed by atoms with E-state index in [1.54, 1.807) is 17.7 Å². The zero-order valence-electron chi connectivity index (χ0n) is 17.0. The van der Waals surface area contributed by atoms with Crippen LogP contribution in [0.4, 0.5) is 27.6 Å². The van der Waals surface area contributed by atoms with Crippen LogP contribution < -0.4 is 10.6 Å². The summed E-state index contributed by atoms with van der Waals surface area (Å²) in [5.41, 5.74) is 1.60. The van der Waals surface area contributed by atoms with Crippen molar-refractivity contribution < 1.29 is 26.7 Å². The molecule has 2 aromatic carbocycles. The Morgan fingerprint density at radius 3 is 2.56 bits per heavy atom. The second-order valence-corrected chi connectivity index (χ2v) is 7.52. The third-order valence-corrected chi connectivity index (χ3v) is 5.34. The molecule has 10 heteroatoms. The van der Waals surface area contributed by atoms with Crippen LogP contribution in [-0.2, 0) is 7.05 Å². The van der Waals surface area contributed by atoms with E-state index < -0.39 is 36.3 Å². The van der Waals surface area contributed by atoms with Crippen LogP contribution in [0.1, 0.15) is 28.9 Å². The highest BCUT2D eigenvalue weighted by atomic mass is 19.3. The Hall–Kier alpha value is -3.40. The SMILES string of the molecule is CC(NC(F)C(F)F)c1cc2c(cc1F)c(C(=O)Nc1c[nH]c3ccc(F)cc13)cn2C. The Morgan fingerprint density at radius 2 is 1.84 bits per heavy atom. The van der Waals surface area contributed by atoms with Crippen molar-refractivity contribution in [3.05, 3.63) is 65.5 Å². The number of alkyl halides is 3. The summed E-state index contributed by atoms with van der Waals surface area (Å²) in [6, 6.07) is 5.58. The molecule has 0 saturated carbocycles. The number of hydrogen-bond acceptors (Lipinski definition) is 2. The predicted molar refractivity (Wildman–Crippen MR) is 112 cm³/mol. The minimum Gasteiger partial charge on any atom is -0.359 e. The standard InChI is InChI=1S/C22H19F5N4O/c1-10(29-21(27)20(25)26)12-7-19-13(6-16(12)24)15(9-31(19)2)22(32)30-18-8-28-17-4-3-11(23)5-14(17)18/h3-10,20-21,28-29H,1-2H3,(H,30,32). The first-order valence-electron chi connectivity index (χ1n) is 9.70. The number of amides is 1. The first-order chi connectivity index (χ1) is 15.2. The fraction of sp³-hybridized carbons (Fsp3) is 0.227. The Balaban J connectivity index is 1.67. The zero-order chi connectivity index (χ0) is 23.2. The van der Waals surface area contributed by atoms with E-state index >= 15 is 0 Å². The Morgan fingerprint density at radius 1 is 1.09 bits per heavy atom. The number of aryl methyl sites for hydroxylation is 1. The fourth-order valence-corrected chi connectivity index (χ4v) is 3.72. The molecular formula is C22H19F5N4O. The zero-order valence-corrected chi connectivity index (χ0v) is 17.0. The van der Waals surface area contributed by atoms with Gasteiger partial charge in [0, 0.05) is 52.9 Å². The second kappa shape index (κ2) is 8.27. The smallest absolute Gasteiger partial charge is 0.282 e. The molecule has 4 aromatic rings. The van der Waals surface area contributed by atoms with Crippen LogP contribution in [0.25, 0.3) is 21.8 Å². The molecule has 0 bridgehead atoms. The minimum atomic E-state index is -3.24. The number of anilines is 1. The molecule has 4 rings (SSSR count). The molecule has 2 atom stereocenters. The summed E-state index contributed by atoms with van der Waals surface area (Å²) in [6.45, 7) is 1.37. The van der Waals surface area contributed by atoms with Gasteiger partial charge in [0.05, 0.1) is 11.3 Å². The van der Waals surface area contributed by atoms with Crippen LogP contribution in [0.2, 0.25) is 0 Å². The molecule has 0 fully saturated rings. The molecule has 5 nitrogen and oxygen atoms in total. The van der Waals surface area contributed by atoms with Crippen molar-refractivity contribution >= 4 is 33.4 Å². The van der Waals surface area contributed by atoms with Crippen molar-refractivity contribution in [2.45, 2.75) is 25.7 Å². The lowest BCUT2D eigenvalue weighted by Crippen LogP contribution is -2.33. The normalized spacial score (nSPS) is 13.8. The third-order valence-electron chi connectivity index (χ3n) is 5.34. The molecule has 1 amide bonds. The largest absolute Gasteiger partial charge is 0.359 e. The summed E-state index contributed by atoms with van der Waals surface area (Å²) in [7, 11) is 1.64. The first kappa shape index (κ1) is 21.8. The lowest BCUT2D eigenvalue weighted by molar-refractivity contribution is 0.0247. The topological polar surface area (TPSA) is 61.9 Å². The Bertz CT molecular complexity index is 1310. The molecule has 2 unspecified atom stereocenters. The van der Waals surface area contributed by atoms with Crippen molar-refractivity contribution in [3.8, 4) is 0 Å². The van der Waals surface area contributed by atoms with E-state index in [1.807, 2.05) is 5.32 Å². The number of nitrogens with one attached hydrogen (secondary N) is 3. The Kier molecular flexibility index (Phi) is 5.64. The van der Waals surface area contributed by atoms with Gasteiger partial charge in [-0.3, -0.25) is 10.1 Å². The fourth-order valence-electron chi connectivity index (χ4n) is 3.72. The summed E-state index contributed by atoms with van der Waals surface area (Å²) in [5.74, 6) is -1.77. The van der Waals surface area contributed by atoms with Gasteiger partial charge in [-0.05, 0) is 37.3 Å². The molecule has 0 aliphatic carbocycles. The van der Waals surface area contributed by atoms with Gasteiger partial charge >= 0.3 is 0 Å². The molecule has 2 heterocycles. The molecule has 0 radical (unpaired) electrons. The lowest BCUT2D eigenvalue weighted by atomic mass is 10.0. The van der Waals surface area contributed by atoms with E-state index in [0.29, 0.717) is 22.1 Å². The molecular weight excluding hydrogens is 431 g/mol. The molecule has 2 aromatic heterocycles. The number of benzene rings is 2. The number of aromatic amines is 1. The van der Waals surface area contributed by atoms with Gasteiger partial charge in [-0.2, -0.15) is 0 Å². The van der Waals surface area contributed by atoms with E-state index in [-0.39, 0.29) is 16.5 Å². The summed E-state index contributed by atoms with van der Waals surface area (Å²) in [6.07, 6.45) is -2.83. The highest BCUT2D eigenvalue weighted by molar-refractivity contribution is 6.15. The third kappa shape index (κ3) is 3.93. The van der Waals surface area contributed by atoms with E-state index in [9.17, 15) is 26.7 Å². The number of nitrogens with zero attached hydrogens (tertiary/aromatic N) is 1. The molecule has 32 heavy (non-hydrogen) atoms. The van der Waals surface area contributed by atoms with E-state index in [2.05, 4.69) is 10.3 Å². The number of hydrogen-bond donors (Lipinski definition) is 3. The molecule has 0 spiro atoms. The lowest BCUT2D eigenvalue weighted by Gasteiger charge is -2.18. The quantitative estimate of drug-likeness (QED) is 0.272. The van der Waals surface area contributed by atoms with Gasteiger partial charge in [0.15, 0.2) is 0 Å². The summed E-state index contributed by atoms with van der Waals surface area (Å²) in [5, 5.41) is 5.48. The molecule has 3 N–H and O–H groups in total. The van der Waals surface area contributed by atoms with Crippen LogP contribution in [0.15, 0.2) is 42.7 Å². The number of rotatable bonds is 6. The average Bonchev–Trinajstić information content (AvgIpc) is 3.27. The van der Waals surface area contributed by atoms with Gasteiger partial charge < -0.3 is 14.9 Å². The first-order valence-corrected chi connectivity index (χ1v) is 9.70.